The highest BCUT2D eigenvalue weighted by Crippen LogP contribution is 2.27. The van der Waals surface area contributed by atoms with Crippen LogP contribution in [-0.2, 0) is 11.3 Å². The van der Waals surface area contributed by atoms with E-state index >= 15 is 0 Å². The summed E-state index contributed by atoms with van der Waals surface area (Å²) in [5.74, 6) is -1.39. The van der Waals surface area contributed by atoms with Crippen molar-refractivity contribution in [3.63, 3.8) is 0 Å². The molecule has 0 spiro atoms. The minimum atomic E-state index is -0.687. The lowest BCUT2D eigenvalue weighted by atomic mass is 10.2. The van der Waals surface area contributed by atoms with Gasteiger partial charge in [-0.05, 0) is 17.9 Å². The smallest absolute Gasteiger partial charge is 0.390 e. The number of nitro benzene ring substituents is 1. The number of phenols is 1. The number of benzene rings is 1. The quantitative estimate of drug-likeness (QED) is 0.478. The third kappa shape index (κ3) is 3.58. The molecule has 1 amide bonds. The van der Waals surface area contributed by atoms with Gasteiger partial charge < -0.3 is 20.5 Å². The van der Waals surface area contributed by atoms with E-state index in [1.54, 1.807) is 0 Å². The minimum Gasteiger partial charge on any atom is -0.506 e. The molecule has 0 atom stereocenters. The number of aromatic hydroxyl groups is 1. The molecule has 0 radical (unpaired) electrons. The summed E-state index contributed by atoms with van der Waals surface area (Å²) in [6, 6.07) is 4.38. The van der Waals surface area contributed by atoms with Gasteiger partial charge in [0.25, 0.3) is 5.69 Å². The fourth-order valence-electron chi connectivity index (χ4n) is 1.81. The summed E-state index contributed by atoms with van der Waals surface area (Å²) in [7, 11) is 0. The van der Waals surface area contributed by atoms with Gasteiger partial charge in [-0.1, -0.05) is 0 Å². The zero-order chi connectivity index (χ0) is 17.1. The number of nitrogens with zero attached hydrogens (tertiary/aromatic N) is 4. The predicted molar refractivity (Wildman–Crippen MR) is 77.0 cm³/mol. The van der Waals surface area contributed by atoms with Crippen LogP contribution in [0.5, 0.6) is 5.75 Å². The molecule has 2 N–H and O–H groups in total. The van der Waals surface area contributed by atoms with Gasteiger partial charge in [0.2, 0.25) is 5.91 Å². The number of nitro groups is 2. The van der Waals surface area contributed by atoms with E-state index in [-0.39, 0.29) is 23.7 Å². The Balaban J connectivity index is 2.15. The van der Waals surface area contributed by atoms with Crippen molar-refractivity contribution in [3.8, 4) is 5.75 Å². The van der Waals surface area contributed by atoms with Gasteiger partial charge in [-0.25, -0.2) is 0 Å². The van der Waals surface area contributed by atoms with Crippen molar-refractivity contribution in [1.29, 1.82) is 0 Å². The van der Waals surface area contributed by atoms with Crippen LogP contribution in [0, 0.1) is 27.2 Å². The van der Waals surface area contributed by atoms with Crippen molar-refractivity contribution in [2.24, 2.45) is 0 Å². The normalized spacial score (nSPS) is 10.3. The number of amides is 1. The lowest BCUT2D eigenvalue weighted by Gasteiger charge is -2.06. The van der Waals surface area contributed by atoms with Gasteiger partial charge in [0.05, 0.1) is 27.5 Å². The van der Waals surface area contributed by atoms with E-state index in [0.717, 1.165) is 22.9 Å². The number of rotatable bonds is 5. The molecule has 0 bridgehead atoms. The first-order valence-corrected chi connectivity index (χ1v) is 6.24. The Morgan fingerprint density at radius 3 is 2.57 bits per heavy atom. The molecule has 120 valence electrons. The van der Waals surface area contributed by atoms with E-state index in [1.807, 2.05) is 0 Å². The van der Waals surface area contributed by atoms with Crippen LogP contribution < -0.4 is 5.32 Å². The number of nitrogens with one attached hydrogen (secondary N) is 1. The standard InChI is InChI=1S/C12H11N5O6/c1-7-4-11(17(22)23)14-15(7)6-12(19)13-9-5-8(16(20)21)2-3-10(9)18/h2-5,18H,6H2,1H3,(H,13,19). The molecule has 1 heterocycles. The second-order valence-electron chi connectivity index (χ2n) is 4.57. The van der Waals surface area contributed by atoms with Gasteiger partial charge in [0.15, 0.2) is 0 Å². The van der Waals surface area contributed by atoms with Crippen LogP contribution in [0.25, 0.3) is 0 Å². The molecule has 23 heavy (non-hydrogen) atoms. The van der Waals surface area contributed by atoms with E-state index in [2.05, 4.69) is 10.4 Å². The van der Waals surface area contributed by atoms with E-state index in [0.29, 0.717) is 5.69 Å². The molecule has 0 aliphatic rings. The molecular formula is C12H11N5O6. The molecule has 2 aromatic rings. The van der Waals surface area contributed by atoms with E-state index in [1.165, 1.54) is 13.0 Å². The highest BCUT2D eigenvalue weighted by Gasteiger charge is 2.19. The zero-order valence-corrected chi connectivity index (χ0v) is 11.8. The molecule has 2 rings (SSSR count). The van der Waals surface area contributed by atoms with Gasteiger partial charge in [-0.15, -0.1) is 0 Å². The van der Waals surface area contributed by atoms with Gasteiger partial charge in [-0.3, -0.25) is 14.9 Å². The number of aryl methyl sites for hydroxylation is 1. The van der Waals surface area contributed by atoms with Gasteiger partial charge in [0, 0.05) is 12.1 Å². The number of carbonyl (C=O) groups is 1. The van der Waals surface area contributed by atoms with E-state index < -0.39 is 21.6 Å². The number of anilines is 1. The lowest BCUT2D eigenvalue weighted by molar-refractivity contribution is -0.389. The van der Waals surface area contributed by atoms with Crippen molar-refractivity contribution in [3.05, 3.63) is 50.2 Å². The maximum Gasteiger partial charge on any atom is 0.390 e. The monoisotopic (exact) mass is 321 g/mol. The van der Waals surface area contributed by atoms with Crippen LogP contribution in [0.15, 0.2) is 24.3 Å². The van der Waals surface area contributed by atoms with Crippen LogP contribution in [0.1, 0.15) is 5.69 Å². The summed E-state index contributed by atoms with van der Waals surface area (Å²) in [6.45, 7) is 1.19. The van der Waals surface area contributed by atoms with Crippen LogP contribution in [-0.4, -0.2) is 30.6 Å². The summed E-state index contributed by atoms with van der Waals surface area (Å²) in [4.78, 5) is 31.9. The number of hydrogen-bond acceptors (Lipinski definition) is 7. The van der Waals surface area contributed by atoms with E-state index in [4.69, 9.17) is 0 Å². The van der Waals surface area contributed by atoms with Crippen LogP contribution in [0.2, 0.25) is 0 Å². The van der Waals surface area contributed by atoms with Crippen molar-refractivity contribution in [2.45, 2.75) is 13.5 Å². The fraction of sp³-hybridized carbons (Fsp3) is 0.167. The summed E-state index contributed by atoms with van der Waals surface area (Å²) < 4.78 is 1.11. The molecule has 0 aliphatic carbocycles. The van der Waals surface area contributed by atoms with Crippen molar-refractivity contribution in [1.82, 2.24) is 9.78 Å². The molecule has 1 aromatic heterocycles. The minimum absolute atomic E-state index is 0.136. The Bertz CT molecular complexity index is 799. The second kappa shape index (κ2) is 6.09. The molecule has 0 unspecified atom stereocenters. The Labute approximate surface area is 128 Å². The third-order valence-corrected chi connectivity index (χ3v) is 2.91. The molecule has 0 saturated carbocycles. The molecule has 0 aliphatic heterocycles. The van der Waals surface area contributed by atoms with Gasteiger partial charge in [-0.2, -0.15) is 4.68 Å². The highest BCUT2D eigenvalue weighted by atomic mass is 16.6. The lowest BCUT2D eigenvalue weighted by Crippen LogP contribution is -2.20. The Morgan fingerprint density at radius 2 is 2.00 bits per heavy atom. The average Bonchev–Trinajstić information content (AvgIpc) is 2.82. The van der Waals surface area contributed by atoms with Crippen molar-refractivity contribution in [2.75, 3.05) is 5.32 Å². The molecule has 11 heteroatoms. The first-order chi connectivity index (χ1) is 10.8. The van der Waals surface area contributed by atoms with Crippen LogP contribution in [0.4, 0.5) is 17.2 Å². The summed E-state index contributed by atoms with van der Waals surface area (Å²) in [6.07, 6.45) is 0. The van der Waals surface area contributed by atoms with Crippen molar-refractivity contribution >= 4 is 23.1 Å². The number of non-ortho nitro benzene ring substituents is 1. The molecule has 0 saturated heterocycles. The zero-order valence-electron chi connectivity index (χ0n) is 11.8. The first kappa shape index (κ1) is 15.9. The van der Waals surface area contributed by atoms with Crippen molar-refractivity contribution < 1.29 is 19.7 Å². The summed E-state index contributed by atoms with van der Waals surface area (Å²) in [5.41, 5.74) is -0.0392. The highest BCUT2D eigenvalue weighted by molar-refractivity contribution is 5.92. The van der Waals surface area contributed by atoms with Crippen LogP contribution in [0.3, 0.4) is 0 Å². The third-order valence-electron chi connectivity index (χ3n) is 2.91. The second-order valence-corrected chi connectivity index (χ2v) is 4.57. The molecule has 1 aromatic carbocycles. The number of hydrogen-bond donors (Lipinski definition) is 2. The Kier molecular flexibility index (Phi) is 4.21. The number of phenolic OH excluding ortho intramolecular Hbond substituents is 1. The largest absolute Gasteiger partial charge is 0.506 e. The topological polar surface area (TPSA) is 153 Å². The summed E-state index contributed by atoms with van der Waals surface area (Å²) >= 11 is 0. The SMILES string of the molecule is Cc1cc([N+](=O)[O-])nn1CC(=O)Nc1cc([N+](=O)[O-])ccc1O. The Hall–Kier alpha value is -3.50. The maximum atomic E-state index is 11.9. The summed E-state index contributed by atoms with van der Waals surface area (Å²) in [5, 5.41) is 36.9. The van der Waals surface area contributed by atoms with Crippen LogP contribution >= 0.6 is 0 Å². The number of aromatic nitrogens is 2. The van der Waals surface area contributed by atoms with Gasteiger partial charge in [0.1, 0.15) is 12.3 Å². The molecule has 0 fully saturated rings. The van der Waals surface area contributed by atoms with E-state index in [9.17, 15) is 30.1 Å². The predicted octanol–water partition coefficient (Wildman–Crippen LogP) is 1.35. The molecular weight excluding hydrogens is 310 g/mol. The first-order valence-electron chi connectivity index (χ1n) is 6.24. The maximum absolute atomic E-state index is 11.9. The molecule has 11 nitrogen and oxygen atoms in total. The fourth-order valence-corrected chi connectivity index (χ4v) is 1.81. The average molecular weight is 321 g/mol. The van der Waals surface area contributed by atoms with Gasteiger partial charge >= 0.3 is 5.82 Å². The Morgan fingerprint density at radius 1 is 1.30 bits per heavy atom. The number of carbonyl (C=O) groups excluding carboxylic acids is 1.